The number of aromatic nitrogens is 2. The van der Waals surface area contributed by atoms with Crippen molar-refractivity contribution in [2.45, 2.75) is 70.5 Å². The molecule has 1 saturated heterocycles. The quantitative estimate of drug-likeness (QED) is 0.233. The molecule has 0 saturated carbocycles. The molecular weight excluding hydrogens is 667 g/mol. The summed E-state index contributed by atoms with van der Waals surface area (Å²) in [5.41, 5.74) is -1.23. The highest BCUT2D eigenvalue weighted by Crippen LogP contribution is 2.48. The van der Waals surface area contributed by atoms with E-state index in [0.29, 0.717) is 29.6 Å². The Bertz CT molecular complexity index is 2170. The zero-order valence-electron chi connectivity index (χ0n) is 26.8. The Hall–Kier alpha value is -4.46. The minimum absolute atomic E-state index is 0.0468. The highest BCUT2D eigenvalue weighted by molar-refractivity contribution is 7.91. The number of anilines is 2. The lowest BCUT2D eigenvalue weighted by Gasteiger charge is -2.30. The Balaban J connectivity index is 1.63. The van der Waals surface area contributed by atoms with Crippen molar-refractivity contribution in [1.29, 1.82) is 5.26 Å². The van der Waals surface area contributed by atoms with Crippen LogP contribution in [0, 0.1) is 23.0 Å². The van der Waals surface area contributed by atoms with E-state index >= 15 is 8.78 Å². The number of rotatable bonds is 6. The molecule has 0 spiro atoms. The molecule has 16 heteroatoms. The summed E-state index contributed by atoms with van der Waals surface area (Å²) >= 11 is 0.988. The number of hydrogen-bond donors (Lipinski definition) is 2. The number of fused-ring (bicyclic) bond motifs is 4. The second-order valence-electron chi connectivity index (χ2n) is 12.6. The number of sulfone groups is 1. The van der Waals surface area contributed by atoms with E-state index in [1.807, 2.05) is 6.07 Å². The van der Waals surface area contributed by atoms with Gasteiger partial charge in [0.25, 0.3) is 0 Å². The lowest BCUT2D eigenvalue weighted by molar-refractivity contribution is -0.132. The molecular formula is C32H32F2N6O6S2. The van der Waals surface area contributed by atoms with E-state index in [0.717, 1.165) is 17.4 Å². The van der Waals surface area contributed by atoms with E-state index in [1.165, 1.54) is 13.0 Å². The fourth-order valence-corrected chi connectivity index (χ4v) is 7.74. The minimum Gasteiger partial charge on any atom is -0.444 e. The van der Waals surface area contributed by atoms with Crippen LogP contribution in [0.4, 0.5) is 24.4 Å². The largest absolute Gasteiger partial charge is 0.444 e. The number of hydrogen-bond acceptors (Lipinski definition) is 11. The van der Waals surface area contributed by atoms with Crippen LogP contribution in [0.2, 0.25) is 0 Å². The van der Waals surface area contributed by atoms with Crippen LogP contribution in [0.25, 0.3) is 32.1 Å². The van der Waals surface area contributed by atoms with E-state index in [2.05, 4.69) is 20.6 Å². The molecule has 252 valence electrons. The molecule has 4 heterocycles. The van der Waals surface area contributed by atoms with E-state index in [4.69, 9.17) is 9.47 Å². The Morgan fingerprint density at radius 1 is 1.19 bits per heavy atom. The second kappa shape index (κ2) is 12.2. The standard InChI is InChI=1S/C32H32F2N6O6S2/c1-6-48(43,44)30-37-26-23(27(38-30)36-19-8-7-11-40(5)29(19)41)17-14-45-13-16(17)22(25(26)34)24-18(33)9-10-20-21(24)15(12-35)28(47-20)39-31(42)46-32(2,3)4/h9-10,19H,6-8,11,13-14H2,1-5H3,(H,39,42)(H,36,37,38)/t19-/m1/s1. The summed E-state index contributed by atoms with van der Waals surface area (Å²) in [6, 6.07) is 3.81. The van der Waals surface area contributed by atoms with Crippen molar-refractivity contribution in [2.24, 2.45) is 0 Å². The molecule has 6 rings (SSSR count). The molecule has 0 aliphatic carbocycles. The average molecular weight is 699 g/mol. The fourth-order valence-electron chi connectivity index (χ4n) is 5.98. The number of likely N-dealkylation sites (N-methyl/N-ethyl adjacent to an activating group) is 1. The molecule has 2 amide bonds. The maximum Gasteiger partial charge on any atom is 0.412 e. The van der Waals surface area contributed by atoms with Gasteiger partial charge in [-0.2, -0.15) is 5.26 Å². The molecule has 1 atom stereocenters. The van der Waals surface area contributed by atoms with Crippen molar-refractivity contribution in [3.8, 4) is 17.2 Å². The molecule has 2 aliphatic heterocycles. The molecule has 12 nitrogen and oxygen atoms in total. The zero-order chi connectivity index (χ0) is 34.7. The molecule has 0 unspecified atom stereocenters. The van der Waals surface area contributed by atoms with Crippen molar-refractivity contribution >= 4 is 65.0 Å². The van der Waals surface area contributed by atoms with Crippen LogP contribution in [0.5, 0.6) is 0 Å². The number of likely N-dealkylation sites (tertiary alicyclic amines) is 1. The van der Waals surface area contributed by atoms with Crippen molar-refractivity contribution in [3.63, 3.8) is 0 Å². The summed E-state index contributed by atoms with van der Waals surface area (Å²) in [4.78, 5) is 35.6. The summed E-state index contributed by atoms with van der Waals surface area (Å²) in [7, 11) is -2.43. The molecule has 1 fully saturated rings. The van der Waals surface area contributed by atoms with Gasteiger partial charge in [0.05, 0.1) is 29.9 Å². The van der Waals surface area contributed by atoms with Gasteiger partial charge in [0.1, 0.15) is 39.9 Å². The van der Waals surface area contributed by atoms with Gasteiger partial charge in [-0.15, -0.1) is 11.3 Å². The van der Waals surface area contributed by atoms with Crippen molar-refractivity contribution in [1.82, 2.24) is 14.9 Å². The second-order valence-corrected chi connectivity index (χ2v) is 15.8. The highest BCUT2D eigenvalue weighted by Gasteiger charge is 2.35. The van der Waals surface area contributed by atoms with Crippen LogP contribution in [-0.4, -0.2) is 66.3 Å². The SMILES string of the molecule is CCS(=O)(=O)c1nc(N[C@@H]2CCCN(C)C2=O)c2c3c(c(-c4c(F)ccc5sc(NC(=O)OC(C)(C)C)c(C#N)c45)c(F)c2n1)COC3. The first-order chi connectivity index (χ1) is 22.6. The number of halogens is 2. The van der Waals surface area contributed by atoms with Gasteiger partial charge in [-0.1, -0.05) is 6.92 Å². The van der Waals surface area contributed by atoms with E-state index in [-0.39, 0.29) is 68.7 Å². The Morgan fingerprint density at radius 3 is 2.60 bits per heavy atom. The summed E-state index contributed by atoms with van der Waals surface area (Å²) < 4.78 is 70.8. The van der Waals surface area contributed by atoms with Gasteiger partial charge >= 0.3 is 6.09 Å². The Kier molecular flexibility index (Phi) is 8.51. The van der Waals surface area contributed by atoms with Gasteiger partial charge in [0.2, 0.25) is 20.9 Å². The van der Waals surface area contributed by atoms with Crippen molar-refractivity contribution < 1.29 is 36.3 Å². The summed E-state index contributed by atoms with van der Waals surface area (Å²) in [5.74, 6) is -2.58. The summed E-state index contributed by atoms with van der Waals surface area (Å²) in [6.07, 6.45) is 0.285. The summed E-state index contributed by atoms with van der Waals surface area (Å²) in [6.45, 7) is 6.77. The van der Waals surface area contributed by atoms with Crippen molar-refractivity contribution in [2.75, 3.05) is 30.0 Å². The number of nitrogens with one attached hydrogen (secondary N) is 2. The van der Waals surface area contributed by atoms with Gasteiger partial charge in [0.15, 0.2) is 5.82 Å². The minimum atomic E-state index is -4.08. The van der Waals surface area contributed by atoms with Crippen LogP contribution in [0.1, 0.15) is 57.2 Å². The molecule has 0 bridgehead atoms. The number of nitriles is 1. The number of piperidine rings is 1. The first kappa shape index (κ1) is 33.4. The van der Waals surface area contributed by atoms with Gasteiger partial charge in [0, 0.05) is 34.8 Å². The number of thiophene rings is 1. The highest BCUT2D eigenvalue weighted by atomic mass is 32.2. The van der Waals surface area contributed by atoms with Gasteiger partial charge in [-0.3, -0.25) is 10.1 Å². The Morgan fingerprint density at radius 2 is 1.92 bits per heavy atom. The van der Waals surface area contributed by atoms with Gasteiger partial charge in [-0.25, -0.2) is 32.0 Å². The molecule has 4 aromatic rings. The van der Waals surface area contributed by atoms with E-state index in [9.17, 15) is 23.3 Å². The number of nitrogens with zero attached hydrogens (tertiary/aromatic N) is 4. The van der Waals surface area contributed by atoms with E-state index in [1.54, 1.807) is 32.7 Å². The number of ether oxygens (including phenoxy) is 2. The molecule has 0 radical (unpaired) electrons. The molecule has 48 heavy (non-hydrogen) atoms. The van der Waals surface area contributed by atoms with Crippen LogP contribution in [-0.2, 0) is 37.3 Å². The Labute approximate surface area is 279 Å². The van der Waals surface area contributed by atoms with Crippen LogP contribution >= 0.6 is 11.3 Å². The normalized spacial score (nSPS) is 16.7. The average Bonchev–Trinajstić information content (AvgIpc) is 3.63. The third-order valence-electron chi connectivity index (χ3n) is 8.19. The zero-order valence-corrected chi connectivity index (χ0v) is 28.4. The third-order valence-corrected chi connectivity index (χ3v) is 10.8. The molecule has 2 aromatic heterocycles. The monoisotopic (exact) mass is 698 g/mol. The maximum atomic E-state index is 17.1. The smallest absolute Gasteiger partial charge is 0.412 e. The van der Waals surface area contributed by atoms with Crippen LogP contribution < -0.4 is 10.6 Å². The molecule has 2 aromatic carbocycles. The predicted molar refractivity (Wildman–Crippen MR) is 175 cm³/mol. The molecule has 2 N–H and O–H groups in total. The van der Waals surface area contributed by atoms with Gasteiger partial charge in [-0.05, 0) is 56.9 Å². The predicted octanol–water partition coefficient (Wildman–Crippen LogP) is 5.86. The van der Waals surface area contributed by atoms with Gasteiger partial charge < -0.3 is 19.7 Å². The first-order valence-electron chi connectivity index (χ1n) is 15.2. The van der Waals surface area contributed by atoms with Crippen molar-refractivity contribution in [3.05, 3.63) is 40.5 Å². The lowest BCUT2D eigenvalue weighted by Crippen LogP contribution is -2.45. The fraction of sp³-hybridized carbons (Fsp3) is 0.406. The number of benzene rings is 2. The molecule has 2 aliphatic rings. The number of carbonyl (C=O) groups excluding carboxylic acids is 2. The van der Waals surface area contributed by atoms with E-state index < -0.39 is 49.9 Å². The number of carbonyl (C=O) groups is 2. The maximum absolute atomic E-state index is 17.1. The number of amides is 2. The summed E-state index contributed by atoms with van der Waals surface area (Å²) in [5, 5.41) is 15.4. The van der Waals surface area contributed by atoms with Crippen LogP contribution in [0.15, 0.2) is 17.3 Å². The lowest BCUT2D eigenvalue weighted by atomic mass is 9.90. The first-order valence-corrected chi connectivity index (χ1v) is 17.6. The third kappa shape index (κ3) is 5.80. The topological polar surface area (TPSA) is 164 Å². The van der Waals surface area contributed by atoms with Crippen LogP contribution in [0.3, 0.4) is 0 Å².